The molecule has 1 fully saturated rings. The van der Waals surface area contributed by atoms with Gasteiger partial charge in [0, 0.05) is 20.3 Å². The van der Waals surface area contributed by atoms with Gasteiger partial charge in [0.2, 0.25) is 0 Å². The second-order valence-electron chi connectivity index (χ2n) is 4.83. The highest BCUT2D eigenvalue weighted by Crippen LogP contribution is 2.15. The van der Waals surface area contributed by atoms with Crippen molar-refractivity contribution in [2.24, 2.45) is 5.92 Å². The smallest absolute Gasteiger partial charge is 0.0700 e. The van der Waals surface area contributed by atoms with Gasteiger partial charge in [-0.2, -0.15) is 0 Å². The van der Waals surface area contributed by atoms with Crippen molar-refractivity contribution in [2.45, 2.75) is 19.3 Å². The Morgan fingerprint density at radius 2 is 2.12 bits per heavy atom. The zero-order valence-electron chi connectivity index (χ0n) is 11.4. The molecule has 0 radical (unpaired) electrons. The second-order valence-corrected chi connectivity index (χ2v) is 4.83. The molecule has 0 saturated carbocycles. The van der Waals surface area contributed by atoms with E-state index in [1.54, 1.807) is 7.11 Å². The van der Waals surface area contributed by atoms with Crippen molar-refractivity contribution in [3.05, 3.63) is 0 Å². The van der Waals surface area contributed by atoms with Gasteiger partial charge < -0.3 is 19.7 Å². The molecule has 0 spiro atoms. The van der Waals surface area contributed by atoms with E-state index in [9.17, 15) is 0 Å². The van der Waals surface area contributed by atoms with E-state index in [2.05, 4.69) is 10.2 Å². The molecule has 0 aromatic carbocycles. The molecule has 1 aliphatic heterocycles. The van der Waals surface area contributed by atoms with Crippen LogP contribution in [0.3, 0.4) is 0 Å². The van der Waals surface area contributed by atoms with E-state index in [1.807, 2.05) is 7.05 Å². The largest absolute Gasteiger partial charge is 0.382 e. The number of rotatable bonds is 10. The van der Waals surface area contributed by atoms with Crippen LogP contribution in [0.2, 0.25) is 0 Å². The standard InChI is InChI=1S/C13H28N2O2/c1-14-11-13-5-7-15(12-13)6-3-4-8-17-10-9-16-2/h13-14H,3-12H2,1-2H3. The maximum atomic E-state index is 5.44. The second kappa shape index (κ2) is 9.83. The summed E-state index contributed by atoms with van der Waals surface area (Å²) in [6.45, 7) is 7.24. The van der Waals surface area contributed by atoms with Crippen molar-refractivity contribution in [3.63, 3.8) is 0 Å². The molecule has 4 heteroatoms. The Morgan fingerprint density at radius 1 is 1.24 bits per heavy atom. The zero-order valence-corrected chi connectivity index (χ0v) is 11.4. The maximum absolute atomic E-state index is 5.44. The van der Waals surface area contributed by atoms with E-state index in [-0.39, 0.29) is 0 Å². The fourth-order valence-electron chi connectivity index (χ4n) is 2.36. The molecule has 1 heterocycles. The number of nitrogens with zero attached hydrogens (tertiary/aromatic N) is 1. The van der Waals surface area contributed by atoms with Gasteiger partial charge in [0.15, 0.2) is 0 Å². The zero-order chi connectivity index (χ0) is 12.3. The van der Waals surface area contributed by atoms with Crippen molar-refractivity contribution < 1.29 is 9.47 Å². The van der Waals surface area contributed by atoms with Crippen LogP contribution in [0.15, 0.2) is 0 Å². The number of ether oxygens (including phenoxy) is 2. The van der Waals surface area contributed by atoms with Gasteiger partial charge in [-0.15, -0.1) is 0 Å². The van der Waals surface area contributed by atoms with Gasteiger partial charge >= 0.3 is 0 Å². The highest BCUT2D eigenvalue weighted by atomic mass is 16.5. The third-order valence-electron chi connectivity index (χ3n) is 3.31. The predicted molar refractivity (Wildman–Crippen MR) is 70.4 cm³/mol. The van der Waals surface area contributed by atoms with E-state index < -0.39 is 0 Å². The minimum Gasteiger partial charge on any atom is -0.382 e. The average molecular weight is 244 g/mol. The van der Waals surface area contributed by atoms with Crippen LogP contribution in [-0.2, 0) is 9.47 Å². The highest BCUT2D eigenvalue weighted by Gasteiger charge is 2.20. The van der Waals surface area contributed by atoms with Crippen LogP contribution in [0.4, 0.5) is 0 Å². The number of hydrogen-bond donors (Lipinski definition) is 1. The van der Waals surface area contributed by atoms with Crippen molar-refractivity contribution in [1.29, 1.82) is 0 Å². The first-order chi connectivity index (χ1) is 8.36. The molecule has 0 aromatic heterocycles. The number of nitrogens with one attached hydrogen (secondary N) is 1. The van der Waals surface area contributed by atoms with Crippen molar-refractivity contribution in [1.82, 2.24) is 10.2 Å². The molecule has 1 aliphatic rings. The third kappa shape index (κ3) is 6.99. The highest BCUT2D eigenvalue weighted by molar-refractivity contribution is 4.76. The Morgan fingerprint density at radius 3 is 2.88 bits per heavy atom. The summed E-state index contributed by atoms with van der Waals surface area (Å²) in [5.41, 5.74) is 0. The molecule has 1 atom stereocenters. The van der Waals surface area contributed by atoms with Gasteiger partial charge in [-0.3, -0.25) is 0 Å². The van der Waals surface area contributed by atoms with Gasteiger partial charge in [-0.25, -0.2) is 0 Å². The van der Waals surface area contributed by atoms with E-state index >= 15 is 0 Å². The van der Waals surface area contributed by atoms with E-state index in [1.165, 1.54) is 32.5 Å². The summed E-state index contributed by atoms with van der Waals surface area (Å²) in [4.78, 5) is 2.58. The quantitative estimate of drug-likeness (QED) is 0.581. The summed E-state index contributed by atoms with van der Waals surface area (Å²) in [7, 11) is 3.75. The molecule has 17 heavy (non-hydrogen) atoms. The number of hydrogen-bond acceptors (Lipinski definition) is 4. The van der Waals surface area contributed by atoms with Crippen LogP contribution < -0.4 is 5.32 Å². The lowest BCUT2D eigenvalue weighted by Gasteiger charge is -2.15. The van der Waals surface area contributed by atoms with Crippen LogP contribution in [0.1, 0.15) is 19.3 Å². The normalized spacial score (nSPS) is 21.2. The van der Waals surface area contributed by atoms with Gasteiger partial charge in [-0.05, 0) is 51.9 Å². The first kappa shape index (κ1) is 14.9. The molecule has 0 aliphatic carbocycles. The van der Waals surface area contributed by atoms with Crippen molar-refractivity contribution in [3.8, 4) is 0 Å². The summed E-state index contributed by atoms with van der Waals surface area (Å²) in [5.74, 6) is 0.859. The van der Waals surface area contributed by atoms with Gasteiger partial charge in [0.25, 0.3) is 0 Å². The first-order valence-electron chi connectivity index (χ1n) is 6.80. The van der Waals surface area contributed by atoms with Gasteiger partial charge in [0.1, 0.15) is 0 Å². The first-order valence-corrected chi connectivity index (χ1v) is 6.80. The summed E-state index contributed by atoms with van der Waals surface area (Å²) < 4.78 is 10.4. The molecular formula is C13H28N2O2. The summed E-state index contributed by atoms with van der Waals surface area (Å²) in [6.07, 6.45) is 3.77. The van der Waals surface area contributed by atoms with E-state index in [0.29, 0.717) is 6.61 Å². The van der Waals surface area contributed by atoms with Crippen LogP contribution in [0, 0.1) is 5.92 Å². The Hall–Kier alpha value is -0.160. The molecule has 1 rings (SSSR count). The lowest BCUT2D eigenvalue weighted by Crippen LogP contribution is -2.25. The Bertz CT molecular complexity index is 179. The molecule has 102 valence electrons. The third-order valence-corrected chi connectivity index (χ3v) is 3.31. The van der Waals surface area contributed by atoms with Gasteiger partial charge in [-0.1, -0.05) is 0 Å². The Kier molecular flexibility index (Phi) is 8.61. The van der Waals surface area contributed by atoms with Crippen molar-refractivity contribution >= 4 is 0 Å². The van der Waals surface area contributed by atoms with Gasteiger partial charge in [0.05, 0.1) is 13.2 Å². The van der Waals surface area contributed by atoms with E-state index in [0.717, 1.165) is 32.1 Å². The van der Waals surface area contributed by atoms with Crippen molar-refractivity contribution in [2.75, 3.05) is 60.2 Å². The molecule has 0 bridgehead atoms. The molecule has 1 unspecified atom stereocenters. The van der Waals surface area contributed by atoms with Crippen LogP contribution >= 0.6 is 0 Å². The number of methoxy groups -OCH3 is 1. The molecule has 0 amide bonds. The number of likely N-dealkylation sites (tertiary alicyclic amines) is 1. The monoisotopic (exact) mass is 244 g/mol. The molecular weight excluding hydrogens is 216 g/mol. The molecule has 0 aromatic rings. The van der Waals surface area contributed by atoms with Crippen LogP contribution in [0.5, 0.6) is 0 Å². The lowest BCUT2D eigenvalue weighted by atomic mass is 10.1. The molecule has 1 saturated heterocycles. The Balaban J connectivity index is 1.87. The molecule has 4 nitrogen and oxygen atoms in total. The average Bonchev–Trinajstić information content (AvgIpc) is 2.76. The SMILES string of the molecule is CNCC1CCN(CCCCOCCOC)C1. The van der Waals surface area contributed by atoms with E-state index in [4.69, 9.17) is 9.47 Å². The summed E-state index contributed by atoms with van der Waals surface area (Å²) >= 11 is 0. The lowest BCUT2D eigenvalue weighted by molar-refractivity contribution is 0.0679. The maximum Gasteiger partial charge on any atom is 0.0700 e. The summed E-state index contributed by atoms with van der Waals surface area (Å²) in [6, 6.07) is 0. The fraction of sp³-hybridized carbons (Fsp3) is 1.00. The van der Waals surface area contributed by atoms with Crippen LogP contribution in [0.25, 0.3) is 0 Å². The predicted octanol–water partition coefficient (Wildman–Crippen LogP) is 0.971. The van der Waals surface area contributed by atoms with Crippen LogP contribution in [-0.4, -0.2) is 65.1 Å². The topological polar surface area (TPSA) is 33.7 Å². The fourth-order valence-corrected chi connectivity index (χ4v) is 2.36. The minimum atomic E-state index is 0.706. The Labute approximate surface area is 106 Å². The number of unbranched alkanes of at least 4 members (excludes halogenated alkanes) is 1. The minimum absolute atomic E-state index is 0.706. The summed E-state index contributed by atoms with van der Waals surface area (Å²) in [5, 5.41) is 3.27. The molecule has 1 N–H and O–H groups in total.